The average Bonchev–Trinajstić information content (AvgIpc) is 2.85. The van der Waals surface area contributed by atoms with Gasteiger partial charge in [0, 0.05) is 44.1 Å². The topological polar surface area (TPSA) is 49.3 Å². The number of carbonyl (C=O) groups excluding carboxylic acids is 1. The normalized spacial score (nSPS) is 14.8. The van der Waals surface area contributed by atoms with Gasteiger partial charge < -0.3 is 4.90 Å². The summed E-state index contributed by atoms with van der Waals surface area (Å²) in [5.74, 6) is 0.0585. The fourth-order valence-electron chi connectivity index (χ4n) is 4.35. The van der Waals surface area contributed by atoms with E-state index in [4.69, 9.17) is 0 Å². The van der Waals surface area contributed by atoms with Crippen LogP contribution in [0.1, 0.15) is 27.5 Å². The highest BCUT2D eigenvalue weighted by molar-refractivity contribution is 5.97. The molecule has 2 heterocycles. The second-order valence-electron chi connectivity index (χ2n) is 7.81. The first-order valence-corrected chi connectivity index (χ1v) is 10.6. The first-order valence-electron chi connectivity index (χ1n) is 10.6. The van der Waals surface area contributed by atoms with Crippen molar-refractivity contribution < 1.29 is 4.79 Å². The smallest absolute Gasteiger partial charge is 0.254 e. The van der Waals surface area contributed by atoms with Gasteiger partial charge in [0.25, 0.3) is 5.91 Å². The Kier molecular flexibility index (Phi) is 5.42. The van der Waals surface area contributed by atoms with Crippen LogP contribution < -0.4 is 0 Å². The van der Waals surface area contributed by atoms with Crippen LogP contribution in [-0.4, -0.2) is 51.9 Å². The van der Waals surface area contributed by atoms with Crippen LogP contribution in [0.15, 0.2) is 91.3 Å². The molecule has 154 valence electrons. The number of hydrogen-bond acceptors (Lipinski definition) is 4. The van der Waals surface area contributed by atoms with E-state index >= 15 is 0 Å². The van der Waals surface area contributed by atoms with E-state index in [-0.39, 0.29) is 11.9 Å². The van der Waals surface area contributed by atoms with Crippen molar-refractivity contribution in [3.63, 3.8) is 0 Å². The Labute approximate surface area is 182 Å². The number of amides is 1. The number of hydrogen-bond donors (Lipinski definition) is 0. The maximum Gasteiger partial charge on any atom is 0.254 e. The van der Waals surface area contributed by atoms with Crippen molar-refractivity contribution in [1.29, 1.82) is 0 Å². The summed E-state index contributed by atoms with van der Waals surface area (Å²) in [4.78, 5) is 26.2. The Morgan fingerprint density at radius 3 is 1.90 bits per heavy atom. The van der Waals surface area contributed by atoms with Crippen LogP contribution in [0, 0.1) is 0 Å². The van der Waals surface area contributed by atoms with Crippen LogP contribution in [0.4, 0.5) is 0 Å². The molecule has 0 radical (unpaired) electrons. The van der Waals surface area contributed by atoms with E-state index in [2.05, 4.69) is 75.5 Å². The first-order chi connectivity index (χ1) is 15.3. The SMILES string of the molecule is O=C(c1ccc2nccnc2c1)N1CCN(C(c2ccccc2)c2ccccc2)CC1. The minimum atomic E-state index is 0.0585. The molecule has 1 aliphatic rings. The van der Waals surface area contributed by atoms with Crippen LogP contribution in [0.3, 0.4) is 0 Å². The van der Waals surface area contributed by atoms with E-state index in [1.54, 1.807) is 12.4 Å². The van der Waals surface area contributed by atoms with Gasteiger partial charge in [0.2, 0.25) is 0 Å². The number of aromatic nitrogens is 2. The molecule has 0 unspecified atom stereocenters. The standard InChI is InChI=1S/C26H24N4O/c31-26(22-11-12-23-24(19-22)28-14-13-27-23)30-17-15-29(16-18-30)25(20-7-3-1-4-8-20)21-9-5-2-6-10-21/h1-14,19,25H,15-18H2. The van der Waals surface area contributed by atoms with Gasteiger partial charge >= 0.3 is 0 Å². The molecule has 0 atom stereocenters. The molecule has 0 aliphatic carbocycles. The van der Waals surface area contributed by atoms with Crippen molar-refractivity contribution >= 4 is 16.9 Å². The van der Waals surface area contributed by atoms with E-state index in [1.807, 2.05) is 23.1 Å². The summed E-state index contributed by atoms with van der Waals surface area (Å²) in [7, 11) is 0. The van der Waals surface area contributed by atoms with Crippen molar-refractivity contribution in [2.24, 2.45) is 0 Å². The lowest BCUT2D eigenvalue weighted by molar-refractivity contribution is 0.0597. The van der Waals surface area contributed by atoms with Gasteiger partial charge in [0.15, 0.2) is 0 Å². The predicted molar refractivity (Wildman–Crippen MR) is 122 cm³/mol. The molecule has 5 nitrogen and oxygen atoms in total. The van der Waals surface area contributed by atoms with Crippen molar-refractivity contribution in [1.82, 2.24) is 19.8 Å². The van der Waals surface area contributed by atoms with Crippen LogP contribution >= 0.6 is 0 Å². The number of benzene rings is 3. The minimum absolute atomic E-state index is 0.0585. The molecule has 1 aromatic heterocycles. The monoisotopic (exact) mass is 408 g/mol. The van der Waals surface area contributed by atoms with Crippen LogP contribution in [0.2, 0.25) is 0 Å². The summed E-state index contributed by atoms with van der Waals surface area (Å²) in [5, 5.41) is 0. The van der Waals surface area contributed by atoms with Gasteiger partial charge in [0.1, 0.15) is 0 Å². The number of fused-ring (bicyclic) bond motifs is 1. The summed E-state index contributed by atoms with van der Waals surface area (Å²) >= 11 is 0. The summed E-state index contributed by atoms with van der Waals surface area (Å²) in [5.41, 5.74) is 4.78. The Bertz CT molecular complexity index is 1130. The third-order valence-corrected chi connectivity index (χ3v) is 5.91. The van der Waals surface area contributed by atoms with Gasteiger partial charge in [-0.25, -0.2) is 0 Å². The molecule has 0 spiro atoms. The second kappa shape index (κ2) is 8.66. The maximum atomic E-state index is 13.1. The van der Waals surface area contributed by atoms with Crippen molar-refractivity contribution in [3.8, 4) is 0 Å². The summed E-state index contributed by atoms with van der Waals surface area (Å²) in [6.07, 6.45) is 3.32. The van der Waals surface area contributed by atoms with Gasteiger partial charge in [-0.05, 0) is 29.3 Å². The Hall–Kier alpha value is -3.57. The van der Waals surface area contributed by atoms with Gasteiger partial charge in [0.05, 0.1) is 17.1 Å². The average molecular weight is 409 g/mol. The fourth-order valence-corrected chi connectivity index (χ4v) is 4.35. The lowest BCUT2D eigenvalue weighted by atomic mass is 9.96. The zero-order valence-corrected chi connectivity index (χ0v) is 17.3. The quantitative estimate of drug-likeness (QED) is 0.508. The molecular formula is C26H24N4O. The molecule has 4 aromatic rings. The zero-order chi connectivity index (χ0) is 21.0. The van der Waals surface area contributed by atoms with Gasteiger partial charge in [-0.3, -0.25) is 19.7 Å². The van der Waals surface area contributed by atoms with E-state index < -0.39 is 0 Å². The van der Waals surface area contributed by atoms with E-state index in [0.717, 1.165) is 24.1 Å². The molecule has 5 heteroatoms. The molecule has 0 saturated carbocycles. The number of rotatable bonds is 4. The lowest BCUT2D eigenvalue weighted by Crippen LogP contribution is -2.49. The molecule has 31 heavy (non-hydrogen) atoms. The molecule has 1 saturated heterocycles. The largest absolute Gasteiger partial charge is 0.336 e. The van der Waals surface area contributed by atoms with E-state index in [9.17, 15) is 4.79 Å². The predicted octanol–water partition coefficient (Wildman–Crippen LogP) is 4.18. The maximum absolute atomic E-state index is 13.1. The third-order valence-electron chi connectivity index (χ3n) is 5.91. The van der Waals surface area contributed by atoms with Crippen LogP contribution in [0.5, 0.6) is 0 Å². The lowest BCUT2D eigenvalue weighted by Gasteiger charge is -2.39. The molecule has 3 aromatic carbocycles. The fraction of sp³-hybridized carbons (Fsp3) is 0.192. The van der Waals surface area contributed by atoms with Gasteiger partial charge in [-0.1, -0.05) is 60.7 Å². The highest BCUT2D eigenvalue weighted by atomic mass is 16.2. The highest BCUT2D eigenvalue weighted by Crippen LogP contribution is 2.29. The van der Waals surface area contributed by atoms with Gasteiger partial charge in [-0.2, -0.15) is 0 Å². The van der Waals surface area contributed by atoms with Crippen molar-refractivity contribution in [3.05, 3.63) is 108 Å². The van der Waals surface area contributed by atoms with Gasteiger partial charge in [-0.15, -0.1) is 0 Å². The summed E-state index contributed by atoms with van der Waals surface area (Å²) < 4.78 is 0. The Balaban J connectivity index is 1.34. The number of carbonyl (C=O) groups is 1. The number of nitrogens with zero attached hydrogens (tertiary/aromatic N) is 4. The zero-order valence-electron chi connectivity index (χ0n) is 17.3. The highest BCUT2D eigenvalue weighted by Gasteiger charge is 2.28. The van der Waals surface area contributed by atoms with Crippen molar-refractivity contribution in [2.45, 2.75) is 6.04 Å². The molecule has 5 rings (SSSR count). The molecule has 0 N–H and O–H groups in total. The van der Waals surface area contributed by atoms with E-state index in [1.165, 1.54) is 11.1 Å². The third kappa shape index (κ3) is 4.05. The second-order valence-corrected chi connectivity index (χ2v) is 7.81. The molecule has 1 amide bonds. The Morgan fingerprint density at radius 2 is 1.29 bits per heavy atom. The van der Waals surface area contributed by atoms with Crippen molar-refractivity contribution in [2.75, 3.05) is 26.2 Å². The summed E-state index contributed by atoms with van der Waals surface area (Å²) in [6, 6.07) is 27.0. The molecular weight excluding hydrogens is 384 g/mol. The summed E-state index contributed by atoms with van der Waals surface area (Å²) in [6.45, 7) is 3.06. The van der Waals surface area contributed by atoms with Crippen LogP contribution in [-0.2, 0) is 0 Å². The molecule has 1 aliphatic heterocycles. The number of piperazine rings is 1. The first kappa shape index (κ1) is 19.4. The molecule has 1 fully saturated rings. The van der Waals surface area contributed by atoms with E-state index in [0.29, 0.717) is 18.7 Å². The molecule has 0 bridgehead atoms. The Morgan fingerprint density at radius 1 is 0.710 bits per heavy atom. The van der Waals surface area contributed by atoms with Crippen LogP contribution in [0.25, 0.3) is 11.0 Å². The minimum Gasteiger partial charge on any atom is -0.336 e.